The van der Waals surface area contributed by atoms with Gasteiger partial charge in [0.2, 0.25) is 0 Å². The second kappa shape index (κ2) is 6.44. The second-order valence-corrected chi connectivity index (χ2v) is 8.02. The number of hydrogen-bond donors (Lipinski definition) is 1. The van der Waals surface area contributed by atoms with Gasteiger partial charge in [-0.25, -0.2) is 13.6 Å². The molecule has 0 unspecified atom stereocenters. The quantitative estimate of drug-likeness (QED) is 0.820. The summed E-state index contributed by atoms with van der Waals surface area (Å²) in [7, 11) is 0. The number of carbonyl (C=O) groups excluding carboxylic acids is 2. The molecule has 1 N–H and O–H groups in total. The van der Waals surface area contributed by atoms with Crippen molar-refractivity contribution in [3.63, 3.8) is 0 Å². The molecular weight excluding hydrogens is 350 g/mol. The van der Waals surface area contributed by atoms with Gasteiger partial charge in [-0.05, 0) is 41.7 Å². The van der Waals surface area contributed by atoms with E-state index in [9.17, 15) is 18.4 Å². The number of rotatable bonds is 3. The first-order chi connectivity index (χ1) is 12.5. The molecule has 1 heterocycles. The SMILES string of the molecule is CC(C)(C)c1ccc(CN2C(=O)N[C@](C)(c3cc(F)ccc3F)C2=O)cc1. The summed E-state index contributed by atoms with van der Waals surface area (Å²) in [5.74, 6) is -2.04. The summed E-state index contributed by atoms with van der Waals surface area (Å²) in [5.41, 5.74) is 0.0681. The summed E-state index contributed by atoms with van der Waals surface area (Å²) >= 11 is 0. The Bertz CT molecular complexity index is 903. The van der Waals surface area contributed by atoms with E-state index in [0.717, 1.165) is 34.2 Å². The van der Waals surface area contributed by atoms with Crippen LogP contribution in [0, 0.1) is 11.6 Å². The lowest BCUT2D eigenvalue weighted by Crippen LogP contribution is -2.41. The lowest BCUT2D eigenvalue weighted by molar-refractivity contribution is -0.131. The van der Waals surface area contributed by atoms with Gasteiger partial charge in [0.25, 0.3) is 5.91 Å². The fourth-order valence-electron chi connectivity index (χ4n) is 3.20. The van der Waals surface area contributed by atoms with Crippen molar-refractivity contribution in [3.05, 3.63) is 70.8 Å². The molecule has 1 atom stereocenters. The maximum Gasteiger partial charge on any atom is 0.325 e. The Morgan fingerprint density at radius 1 is 1.04 bits per heavy atom. The van der Waals surface area contributed by atoms with E-state index in [2.05, 4.69) is 26.1 Å². The van der Waals surface area contributed by atoms with Crippen molar-refractivity contribution in [1.82, 2.24) is 10.2 Å². The van der Waals surface area contributed by atoms with E-state index in [1.54, 1.807) is 0 Å². The molecule has 2 aromatic carbocycles. The van der Waals surface area contributed by atoms with Gasteiger partial charge in [-0.3, -0.25) is 9.69 Å². The maximum absolute atomic E-state index is 14.2. The van der Waals surface area contributed by atoms with Gasteiger partial charge in [0, 0.05) is 5.56 Å². The van der Waals surface area contributed by atoms with Crippen LogP contribution < -0.4 is 5.32 Å². The van der Waals surface area contributed by atoms with E-state index in [1.807, 2.05) is 24.3 Å². The first kappa shape index (κ1) is 19.0. The van der Waals surface area contributed by atoms with Crippen LogP contribution in [0.3, 0.4) is 0 Å². The molecule has 6 heteroatoms. The van der Waals surface area contributed by atoms with Gasteiger partial charge in [0.1, 0.15) is 17.2 Å². The van der Waals surface area contributed by atoms with E-state index < -0.39 is 29.1 Å². The molecule has 1 fully saturated rings. The number of nitrogens with zero attached hydrogens (tertiary/aromatic N) is 1. The Balaban J connectivity index is 1.87. The highest BCUT2D eigenvalue weighted by Crippen LogP contribution is 2.32. The molecule has 3 rings (SSSR count). The van der Waals surface area contributed by atoms with E-state index >= 15 is 0 Å². The Kier molecular flexibility index (Phi) is 4.54. The molecular formula is C21H22F2N2O2. The zero-order chi connectivity index (χ0) is 20.0. The van der Waals surface area contributed by atoms with Gasteiger partial charge in [-0.15, -0.1) is 0 Å². The van der Waals surface area contributed by atoms with Crippen LogP contribution in [0.2, 0.25) is 0 Å². The normalized spacial score (nSPS) is 20.1. The van der Waals surface area contributed by atoms with Crippen molar-refractivity contribution < 1.29 is 18.4 Å². The number of amides is 3. The molecule has 0 bridgehead atoms. The number of benzene rings is 2. The summed E-state index contributed by atoms with van der Waals surface area (Å²) in [6, 6.07) is 9.86. The van der Waals surface area contributed by atoms with Crippen molar-refractivity contribution >= 4 is 11.9 Å². The van der Waals surface area contributed by atoms with Crippen LogP contribution in [0.4, 0.5) is 13.6 Å². The summed E-state index contributed by atoms with van der Waals surface area (Å²) in [6.45, 7) is 7.73. The van der Waals surface area contributed by atoms with E-state index in [-0.39, 0.29) is 17.5 Å². The first-order valence-corrected chi connectivity index (χ1v) is 8.71. The van der Waals surface area contributed by atoms with Crippen LogP contribution in [0.15, 0.2) is 42.5 Å². The van der Waals surface area contributed by atoms with Crippen LogP contribution >= 0.6 is 0 Å². The number of nitrogens with one attached hydrogen (secondary N) is 1. The van der Waals surface area contributed by atoms with Gasteiger partial charge in [-0.1, -0.05) is 45.0 Å². The number of carbonyl (C=O) groups is 2. The average molecular weight is 372 g/mol. The van der Waals surface area contributed by atoms with Crippen LogP contribution in [0.1, 0.15) is 44.4 Å². The van der Waals surface area contributed by atoms with Crippen molar-refractivity contribution in [1.29, 1.82) is 0 Å². The van der Waals surface area contributed by atoms with E-state index in [4.69, 9.17) is 0 Å². The third-order valence-electron chi connectivity index (χ3n) is 4.90. The highest BCUT2D eigenvalue weighted by molar-refractivity contribution is 6.07. The zero-order valence-electron chi connectivity index (χ0n) is 15.8. The van der Waals surface area contributed by atoms with E-state index in [1.165, 1.54) is 6.92 Å². The number of halogens is 2. The minimum Gasteiger partial charge on any atom is -0.319 e. The lowest BCUT2D eigenvalue weighted by atomic mass is 9.86. The molecule has 1 aliphatic heterocycles. The van der Waals surface area contributed by atoms with Crippen molar-refractivity contribution in [2.75, 3.05) is 0 Å². The predicted octanol–water partition coefficient (Wildman–Crippen LogP) is 4.23. The summed E-state index contributed by atoms with van der Waals surface area (Å²) < 4.78 is 27.8. The number of imide groups is 1. The van der Waals surface area contributed by atoms with Crippen LogP contribution in [0.5, 0.6) is 0 Å². The molecule has 27 heavy (non-hydrogen) atoms. The summed E-state index contributed by atoms with van der Waals surface area (Å²) in [6.07, 6.45) is 0. The van der Waals surface area contributed by atoms with Crippen LogP contribution in [0.25, 0.3) is 0 Å². The maximum atomic E-state index is 14.2. The third-order valence-corrected chi connectivity index (χ3v) is 4.90. The van der Waals surface area contributed by atoms with Gasteiger partial charge in [-0.2, -0.15) is 0 Å². The summed E-state index contributed by atoms with van der Waals surface area (Å²) in [4.78, 5) is 26.3. The molecule has 0 spiro atoms. The predicted molar refractivity (Wildman–Crippen MR) is 97.9 cm³/mol. The number of urea groups is 1. The topological polar surface area (TPSA) is 49.4 Å². The fraction of sp³-hybridized carbons (Fsp3) is 0.333. The molecule has 0 aliphatic carbocycles. The monoisotopic (exact) mass is 372 g/mol. The molecule has 3 amide bonds. The standard InChI is InChI=1S/C21H22F2N2O2/c1-20(2,3)14-7-5-13(6-8-14)12-25-18(26)21(4,24-19(25)27)16-11-15(22)9-10-17(16)23/h5-11H,12H2,1-4H3,(H,24,27)/t21-/m1/s1. The van der Waals surface area contributed by atoms with Gasteiger partial charge in [0.05, 0.1) is 6.54 Å². The highest BCUT2D eigenvalue weighted by atomic mass is 19.1. The van der Waals surface area contributed by atoms with Crippen molar-refractivity contribution in [2.24, 2.45) is 0 Å². The molecule has 1 saturated heterocycles. The van der Waals surface area contributed by atoms with Crippen LogP contribution in [-0.4, -0.2) is 16.8 Å². The lowest BCUT2D eigenvalue weighted by Gasteiger charge is -2.23. The smallest absolute Gasteiger partial charge is 0.319 e. The second-order valence-electron chi connectivity index (χ2n) is 8.02. The summed E-state index contributed by atoms with van der Waals surface area (Å²) in [5, 5.41) is 2.50. The highest BCUT2D eigenvalue weighted by Gasteiger charge is 2.50. The molecule has 1 aliphatic rings. The fourth-order valence-corrected chi connectivity index (χ4v) is 3.20. The van der Waals surface area contributed by atoms with E-state index in [0.29, 0.717) is 0 Å². The zero-order valence-corrected chi connectivity index (χ0v) is 15.8. The van der Waals surface area contributed by atoms with Gasteiger partial charge >= 0.3 is 6.03 Å². The molecule has 142 valence electrons. The number of hydrogen-bond acceptors (Lipinski definition) is 2. The average Bonchev–Trinajstić information content (AvgIpc) is 2.81. The molecule has 0 saturated carbocycles. The van der Waals surface area contributed by atoms with Crippen molar-refractivity contribution in [2.45, 2.75) is 45.2 Å². The molecule has 2 aromatic rings. The Hall–Kier alpha value is -2.76. The van der Waals surface area contributed by atoms with Gasteiger partial charge < -0.3 is 5.32 Å². The Morgan fingerprint density at radius 3 is 2.26 bits per heavy atom. The molecule has 4 nitrogen and oxygen atoms in total. The molecule has 0 aromatic heterocycles. The largest absolute Gasteiger partial charge is 0.325 e. The van der Waals surface area contributed by atoms with Gasteiger partial charge in [0.15, 0.2) is 0 Å². The third kappa shape index (κ3) is 3.44. The Labute approximate surface area is 157 Å². The Morgan fingerprint density at radius 2 is 1.67 bits per heavy atom. The van der Waals surface area contributed by atoms with Crippen molar-refractivity contribution in [3.8, 4) is 0 Å². The first-order valence-electron chi connectivity index (χ1n) is 8.71. The van der Waals surface area contributed by atoms with Crippen LogP contribution in [-0.2, 0) is 22.3 Å². The minimum atomic E-state index is -1.64. The minimum absolute atomic E-state index is 0.00709. The molecule has 0 radical (unpaired) electrons.